The topological polar surface area (TPSA) is 32.5 Å². The van der Waals surface area contributed by atoms with Gasteiger partial charge in [0.25, 0.3) is 0 Å². The number of nitrogens with zero attached hydrogens (tertiary/aromatic N) is 2. The molecule has 0 aromatic heterocycles. The quantitative estimate of drug-likeness (QED) is 0.929. The lowest BCUT2D eigenvalue weighted by atomic mass is 10.1. The fourth-order valence-corrected chi connectivity index (χ4v) is 3.66. The molecule has 1 heterocycles. The van der Waals surface area contributed by atoms with Crippen LogP contribution in [-0.2, 0) is 0 Å². The van der Waals surface area contributed by atoms with Gasteiger partial charge >= 0.3 is 0 Å². The van der Waals surface area contributed by atoms with Crippen LogP contribution in [-0.4, -0.2) is 37.1 Å². The van der Waals surface area contributed by atoms with Crippen LogP contribution in [0.2, 0.25) is 0 Å². The van der Waals surface area contributed by atoms with Crippen LogP contribution in [0.5, 0.6) is 0 Å². The first-order chi connectivity index (χ1) is 10.1. The van der Waals surface area contributed by atoms with E-state index in [-0.39, 0.29) is 11.9 Å². The average molecular weight is 291 g/mol. The first-order valence-corrected chi connectivity index (χ1v) is 8.19. The van der Waals surface area contributed by atoms with Crippen LogP contribution in [0.3, 0.4) is 0 Å². The van der Waals surface area contributed by atoms with E-state index in [0.29, 0.717) is 0 Å². The molecule has 0 radical (unpaired) electrons. The molecule has 3 nitrogen and oxygen atoms in total. The van der Waals surface area contributed by atoms with Crippen LogP contribution in [0.4, 0.5) is 10.1 Å². The number of rotatable bonds is 3. The molecular weight excluding hydrogens is 265 g/mol. The third kappa shape index (κ3) is 3.22. The summed E-state index contributed by atoms with van der Waals surface area (Å²) in [5.41, 5.74) is 7.40. The van der Waals surface area contributed by atoms with Crippen LogP contribution in [0.25, 0.3) is 0 Å². The van der Waals surface area contributed by atoms with E-state index in [1.807, 2.05) is 19.1 Å². The second-order valence-corrected chi connectivity index (χ2v) is 6.46. The van der Waals surface area contributed by atoms with Gasteiger partial charge in [0.15, 0.2) is 0 Å². The molecule has 0 spiro atoms. The molecule has 0 bridgehead atoms. The maximum atomic E-state index is 14.3. The highest BCUT2D eigenvalue weighted by molar-refractivity contribution is 5.50. The van der Waals surface area contributed by atoms with Crippen LogP contribution in [0.1, 0.15) is 44.2 Å². The van der Waals surface area contributed by atoms with Crippen molar-refractivity contribution in [2.75, 3.05) is 31.1 Å². The Balaban J connectivity index is 1.63. The van der Waals surface area contributed by atoms with Gasteiger partial charge in [0, 0.05) is 38.3 Å². The van der Waals surface area contributed by atoms with Gasteiger partial charge in [-0.15, -0.1) is 0 Å². The first-order valence-electron chi connectivity index (χ1n) is 8.19. The van der Waals surface area contributed by atoms with Gasteiger partial charge < -0.3 is 10.6 Å². The van der Waals surface area contributed by atoms with Crippen molar-refractivity contribution in [3.05, 3.63) is 29.6 Å². The number of hydrogen-bond donors (Lipinski definition) is 1. The molecule has 1 saturated carbocycles. The molecule has 116 valence electrons. The number of hydrogen-bond acceptors (Lipinski definition) is 3. The molecule has 1 aromatic rings. The lowest BCUT2D eigenvalue weighted by Gasteiger charge is -2.39. The van der Waals surface area contributed by atoms with Gasteiger partial charge in [-0.05, 0) is 37.5 Å². The monoisotopic (exact) mass is 291 g/mol. The second-order valence-electron chi connectivity index (χ2n) is 6.46. The zero-order valence-corrected chi connectivity index (χ0v) is 12.9. The van der Waals surface area contributed by atoms with Gasteiger partial charge in [0.05, 0.1) is 5.69 Å². The highest BCUT2D eigenvalue weighted by Gasteiger charge is 2.27. The van der Waals surface area contributed by atoms with Gasteiger partial charge in [-0.3, -0.25) is 4.90 Å². The van der Waals surface area contributed by atoms with E-state index >= 15 is 0 Å². The molecule has 1 aromatic carbocycles. The summed E-state index contributed by atoms with van der Waals surface area (Å²) < 4.78 is 14.3. The summed E-state index contributed by atoms with van der Waals surface area (Å²) in [7, 11) is 0. The maximum absolute atomic E-state index is 14.3. The Kier molecular flexibility index (Phi) is 4.45. The minimum absolute atomic E-state index is 0.118. The van der Waals surface area contributed by atoms with Crippen LogP contribution >= 0.6 is 0 Å². The summed E-state index contributed by atoms with van der Waals surface area (Å²) in [6, 6.07) is 6.08. The summed E-state index contributed by atoms with van der Waals surface area (Å²) in [6.07, 6.45) is 5.44. The molecule has 2 N–H and O–H groups in total. The zero-order chi connectivity index (χ0) is 14.8. The molecule has 2 fully saturated rings. The highest BCUT2D eigenvalue weighted by Crippen LogP contribution is 2.27. The van der Waals surface area contributed by atoms with E-state index in [0.717, 1.165) is 43.5 Å². The molecule has 4 heteroatoms. The Morgan fingerprint density at radius 3 is 2.38 bits per heavy atom. The number of benzene rings is 1. The lowest BCUT2D eigenvalue weighted by molar-refractivity contribution is 0.187. The fraction of sp³-hybridized carbons (Fsp3) is 0.647. The molecule has 1 aliphatic carbocycles. The highest BCUT2D eigenvalue weighted by atomic mass is 19.1. The summed E-state index contributed by atoms with van der Waals surface area (Å²) in [5.74, 6) is -0.140. The minimum Gasteiger partial charge on any atom is -0.367 e. The molecule has 3 rings (SSSR count). The van der Waals surface area contributed by atoms with Crippen LogP contribution in [0, 0.1) is 5.82 Å². The molecule has 21 heavy (non-hydrogen) atoms. The Morgan fingerprint density at radius 1 is 1.14 bits per heavy atom. The van der Waals surface area contributed by atoms with Crippen LogP contribution in [0.15, 0.2) is 18.2 Å². The lowest BCUT2D eigenvalue weighted by Crippen LogP contribution is -2.50. The average Bonchev–Trinajstić information content (AvgIpc) is 3.01. The number of halogens is 1. The third-order valence-corrected chi connectivity index (χ3v) is 4.99. The van der Waals surface area contributed by atoms with E-state index in [2.05, 4.69) is 9.80 Å². The van der Waals surface area contributed by atoms with Gasteiger partial charge in [0.1, 0.15) is 5.82 Å². The predicted octanol–water partition coefficient (Wildman–Crippen LogP) is 2.91. The van der Waals surface area contributed by atoms with E-state index in [9.17, 15) is 4.39 Å². The standard InChI is InChI=1S/C17H26FN3/c1-13(19)14-6-7-17(16(18)12-14)21-10-8-20(9-11-21)15-4-2-3-5-15/h6-7,12-13,15H,2-5,8-11,19H2,1H3. The summed E-state index contributed by atoms with van der Waals surface area (Å²) >= 11 is 0. The van der Waals surface area contributed by atoms with Gasteiger partial charge in [-0.1, -0.05) is 18.9 Å². The third-order valence-electron chi connectivity index (χ3n) is 4.99. The van der Waals surface area contributed by atoms with Crippen molar-refractivity contribution >= 4 is 5.69 Å². The van der Waals surface area contributed by atoms with Crippen molar-refractivity contribution in [3.8, 4) is 0 Å². The van der Waals surface area contributed by atoms with Crippen molar-refractivity contribution in [2.24, 2.45) is 5.73 Å². The minimum atomic E-state index is -0.140. The Morgan fingerprint density at radius 2 is 1.81 bits per heavy atom. The number of piperazine rings is 1. The van der Waals surface area contributed by atoms with E-state index in [1.54, 1.807) is 6.07 Å². The largest absolute Gasteiger partial charge is 0.367 e. The van der Waals surface area contributed by atoms with Crippen molar-refractivity contribution in [3.63, 3.8) is 0 Å². The van der Waals surface area contributed by atoms with Crippen molar-refractivity contribution in [2.45, 2.75) is 44.7 Å². The van der Waals surface area contributed by atoms with Gasteiger partial charge in [-0.2, -0.15) is 0 Å². The summed E-state index contributed by atoms with van der Waals surface area (Å²) in [5, 5.41) is 0. The number of anilines is 1. The van der Waals surface area contributed by atoms with Crippen molar-refractivity contribution in [1.29, 1.82) is 0 Å². The zero-order valence-electron chi connectivity index (χ0n) is 12.9. The Bertz CT molecular complexity index is 475. The van der Waals surface area contributed by atoms with Crippen molar-refractivity contribution < 1.29 is 4.39 Å². The molecule has 1 atom stereocenters. The van der Waals surface area contributed by atoms with E-state index in [1.165, 1.54) is 25.7 Å². The smallest absolute Gasteiger partial charge is 0.146 e. The van der Waals surface area contributed by atoms with E-state index < -0.39 is 0 Å². The SMILES string of the molecule is CC(N)c1ccc(N2CCN(C3CCCC3)CC2)c(F)c1. The fourth-order valence-electron chi connectivity index (χ4n) is 3.66. The number of nitrogens with two attached hydrogens (primary N) is 1. The van der Waals surface area contributed by atoms with Gasteiger partial charge in [0.2, 0.25) is 0 Å². The molecule has 2 aliphatic rings. The summed E-state index contributed by atoms with van der Waals surface area (Å²) in [6.45, 7) is 5.84. The summed E-state index contributed by atoms with van der Waals surface area (Å²) in [4.78, 5) is 4.77. The van der Waals surface area contributed by atoms with E-state index in [4.69, 9.17) is 5.73 Å². The van der Waals surface area contributed by atoms with Crippen LogP contribution < -0.4 is 10.6 Å². The second kappa shape index (κ2) is 6.32. The van der Waals surface area contributed by atoms with Crippen molar-refractivity contribution in [1.82, 2.24) is 4.90 Å². The molecule has 1 unspecified atom stereocenters. The van der Waals surface area contributed by atoms with Gasteiger partial charge in [-0.25, -0.2) is 4.39 Å². The molecular formula is C17H26FN3. The molecule has 1 saturated heterocycles. The predicted molar refractivity (Wildman–Crippen MR) is 85.0 cm³/mol. The normalized spacial score (nSPS) is 22.7. The maximum Gasteiger partial charge on any atom is 0.146 e. The first kappa shape index (κ1) is 14.8. The molecule has 0 amide bonds. The molecule has 1 aliphatic heterocycles. The Labute approximate surface area is 126 Å². The Hall–Kier alpha value is -1.13.